The standard InChI is InChI=1S/C22H21NO5/c1-2-19(24)27-13-23-21(25)16-10-6-9-15-18(28-14-7-4-3-5-8-14)12-11-17(20(15)16)22(23)26/h2,6,9-12,14H,1,3-5,7-8,13H2. The molecule has 6 heteroatoms. The van der Waals surface area contributed by atoms with Crippen LogP contribution in [0.4, 0.5) is 0 Å². The molecule has 0 radical (unpaired) electrons. The highest BCUT2D eigenvalue weighted by atomic mass is 16.5. The van der Waals surface area contributed by atoms with Gasteiger partial charge in [-0.15, -0.1) is 0 Å². The van der Waals surface area contributed by atoms with Crippen LogP contribution in [0, 0.1) is 0 Å². The van der Waals surface area contributed by atoms with Gasteiger partial charge in [-0.05, 0) is 43.9 Å². The van der Waals surface area contributed by atoms with Crippen LogP contribution < -0.4 is 4.74 Å². The lowest BCUT2D eigenvalue weighted by Gasteiger charge is -2.28. The molecule has 2 amide bonds. The van der Waals surface area contributed by atoms with Gasteiger partial charge in [0.05, 0.1) is 6.10 Å². The Morgan fingerprint density at radius 1 is 1.07 bits per heavy atom. The van der Waals surface area contributed by atoms with Gasteiger partial charge in [-0.1, -0.05) is 25.1 Å². The highest BCUT2D eigenvalue weighted by Gasteiger charge is 2.34. The van der Waals surface area contributed by atoms with Gasteiger partial charge in [0.2, 0.25) is 0 Å². The molecule has 1 aliphatic heterocycles. The van der Waals surface area contributed by atoms with Crippen LogP contribution >= 0.6 is 0 Å². The number of imide groups is 1. The molecule has 0 saturated heterocycles. The lowest BCUT2D eigenvalue weighted by Crippen LogP contribution is -2.42. The molecule has 6 nitrogen and oxygen atoms in total. The maximum Gasteiger partial charge on any atom is 0.331 e. The van der Waals surface area contributed by atoms with Crippen molar-refractivity contribution in [2.45, 2.75) is 38.2 Å². The van der Waals surface area contributed by atoms with Crippen LogP contribution in [-0.2, 0) is 9.53 Å². The van der Waals surface area contributed by atoms with Crippen molar-refractivity contribution in [1.29, 1.82) is 0 Å². The largest absolute Gasteiger partial charge is 0.490 e. The second-order valence-corrected chi connectivity index (χ2v) is 7.05. The van der Waals surface area contributed by atoms with E-state index in [1.807, 2.05) is 6.07 Å². The van der Waals surface area contributed by atoms with Crippen molar-refractivity contribution >= 4 is 28.6 Å². The molecule has 2 aromatic rings. The molecule has 0 atom stereocenters. The van der Waals surface area contributed by atoms with Crippen LogP contribution in [0.25, 0.3) is 10.8 Å². The lowest BCUT2D eigenvalue weighted by atomic mass is 9.93. The molecule has 1 heterocycles. The number of rotatable bonds is 5. The zero-order chi connectivity index (χ0) is 19.7. The van der Waals surface area contributed by atoms with Crippen LogP contribution in [0.2, 0.25) is 0 Å². The molecule has 4 rings (SSSR count). The zero-order valence-corrected chi connectivity index (χ0v) is 15.5. The van der Waals surface area contributed by atoms with Crippen molar-refractivity contribution in [3.05, 3.63) is 54.1 Å². The van der Waals surface area contributed by atoms with Crippen molar-refractivity contribution in [2.24, 2.45) is 0 Å². The molecular formula is C22H21NO5. The smallest absolute Gasteiger partial charge is 0.331 e. The Kier molecular flexibility index (Phi) is 4.86. The number of esters is 1. The highest BCUT2D eigenvalue weighted by Crippen LogP contribution is 2.37. The number of benzene rings is 2. The van der Waals surface area contributed by atoms with Crippen LogP contribution in [0.5, 0.6) is 5.75 Å². The molecule has 0 aromatic heterocycles. The average Bonchev–Trinajstić information content (AvgIpc) is 2.73. The van der Waals surface area contributed by atoms with Gasteiger partial charge in [0.25, 0.3) is 11.8 Å². The molecule has 0 N–H and O–H groups in total. The van der Waals surface area contributed by atoms with Crippen LogP contribution in [0.15, 0.2) is 43.0 Å². The third-order valence-electron chi connectivity index (χ3n) is 5.30. The number of hydrogen-bond acceptors (Lipinski definition) is 5. The third kappa shape index (κ3) is 3.15. The van der Waals surface area contributed by atoms with E-state index in [9.17, 15) is 14.4 Å². The van der Waals surface area contributed by atoms with Gasteiger partial charge in [-0.2, -0.15) is 0 Å². The van der Waals surface area contributed by atoms with E-state index in [0.29, 0.717) is 22.3 Å². The fourth-order valence-corrected chi connectivity index (χ4v) is 3.89. The van der Waals surface area contributed by atoms with Crippen LogP contribution in [0.1, 0.15) is 52.8 Å². The first kappa shape index (κ1) is 18.2. The Morgan fingerprint density at radius 2 is 1.79 bits per heavy atom. The number of hydrogen-bond donors (Lipinski definition) is 0. The average molecular weight is 379 g/mol. The fourth-order valence-electron chi connectivity index (χ4n) is 3.89. The molecule has 2 aromatic carbocycles. The monoisotopic (exact) mass is 379 g/mol. The van der Waals surface area contributed by atoms with E-state index in [-0.39, 0.29) is 6.10 Å². The summed E-state index contributed by atoms with van der Waals surface area (Å²) in [5.41, 5.74) is 0.798. The Hall–Kier alpha value is -3.15. The predicted octanol–water partition coefficient (Wildman–Crippen LogP) is 3.83. The van der Waals surface area contributed by atoms with Gasteiger partial charge in [-0.3, -0.25) is 9.59 Å². The Balaban J connectivity index is 1.70. The maximum absolute atomic E-state index is 12.9. The number of nitrogens with zero attached hydrogens (tertiary/aromatic N) is 1. The molecule has 0 unspecified atom stereocenters. The van der Waals surface area contributed by atoms with E-state index in [2.05, 4.69) is 6.58 Å². The number of carbonyl (C=O) groups is 3. The summed E-state index contributed by atoms with van der Waals surface area (Å²) < 4.78 is 11.1. The summed E-state index contributed by atoms with van der Waals surface area (Å²) in [4.78, 5) is 38.0. The fraction of sp³-hybridized carbons (Fsp3) is 0.318. The minimum absolute atomic E-state index is 0.163. The van der Waals surface area contributed by atoms with Crippen molar-refractivity contribution < 1.29 is 23.9 Å². The van der Waals surface area contributed by atoms with Gasteiger partial charge < -0.3 is 9.47 Å². The summed E-state index contributed by atoms with van der Waals surface area (Å²) in [5.74, 6) is -0.981. The summed E-state index contributed by atoms with van der Waals surface area (Å²) in [6, 6.07) is 8.79. The first-order valence-corrected chi connectivity index (χ1v) is 9.48. The lowest BCUT2D eigenvalue weighted by molar-refractivity contribution is -0.140. The second-order valence-electron chi connectivity index (χ2n) is 7.05. The van der Waals surface area contributed by atoms with Gasteiger partial charge in [-0.25, -0.2) is 9.69 Å². The Morgan fingerprint density at radius 3 is 2.50 bits per heavy atom. The molecular weight excluding hydrogens is 358 g/mol. The SMILES string of the molecule is C=CC(=O)OCN1C(=O)c2cccc3c(OC4CCCCC4)ccc(c23)C1=O. The Bertz CT molecular complexity index is 952. The van der Waals surface area contributed by atoms with Crippen molar-refractivity contribution in [3.63, 3.8) is 0 Å². The van der Waals surface area contributed by atoms with Gasteiger partial charge in [0.15, 0.2) is 6.73 Å². The van der Waals surface area contributed by atoms with Gasteiger partial charge in [0.1, 0.15) is 5.75 Å². The molecule has 1 saturated carbocycles. The Labute approximate surface area is 162 Å². The second kappa shape index (κ2) is 7.46. The summed E-state index contributed by atoms with van der Waals surface area (Å²) in [6.45, 7) is 2.86. The van der Waals surface area contributed by atoms with Crippen LogP contribution in [0.3, 0.4) is 0 Å². The third-order valence-corrected chi connectivity index (χ3v) is 5.30. The summed E-state index contributed by atoms with van der Waals surface area (Å²) in [6.07, 6.45) is 6.73. The normalized spacial score (nSPS) is 16.9. The maximum atomic E-state index is 12.9. The van der Waals surface area contributed by atoms with E-state index in [1.54, 1.807) is 24.3 Å². The van der Waals surface area contributed by atoms with E-state index in [1.165, 1.54) is 6.42 Å². The van der Waals surface area contributed by atoms with E-state index >= 15 is 0 Å². The molecule has 1 aliphatic carbocycles. The summed E-state index contributed by atoms with van der Waals surface area (Å²) >= 11 is 0. The number of ether oxygens (including phenoxy) is 2. The van der Waals surface area contributed by atoms with E-state index in [4.69, 9.17) is 9.47 Å². The number of amides is 2. The van der Waals surface area contributed by atoms with Crippen molar-refractivity contribution in [2.75, 3.05) is 6.73 Å². The summed E-state index contributed by atoms with van der Waals surface area (Å²) in [5, 5.41) is 1.35. The zero-order valence-electron chi connectivity index (χ0n) is 15.5. The molecule has 144 valence electrons. The van der Waals surface area contributed by atoms with E-state index in [0.717, 1.165) is 42.0 Å². The minimum Gasteiger partial charge on any atom is -0.490 e. The predicted molar refractivity (Wildman–Crippen MR) is 103 cm³/mol. The first-order valence-electron chi connectivity index (χ1n) is 9.48. The molecule has 1 fully saturated rings. The highest BCUT2D eigenvalue weighted by molar-refractivity contribution is 6.26. The van der Waals surface area contributed by atoms with Crippen LogP contribution in [-0.4, -0.2) is 35.5 Å². The first-order chi connectivity index (χ1) is 13.6. The van der Waals surface area contributed by atoms with E-state index < -0.39 is 24.5 Å². The molecule has 28 heavy (non-hydrogen) atoms. The topological polar surface area (TPSA) is 72.9 Å². The molecule has 0 spiro atoms. The summed E-state index contributed by atoms with van der Waals surface area (Å²) in [7, 11) is 0. The quantitative estimate of drug-likeness (QED) is 0.448. The van der Waals surface area contributed by atoms with Crippen molar-refractivity contribution in [1.82, 2.24) is 4.90 Å². The molecule has 2 aliphatic rings. The number of carbonyl (C=O) groups excluding carboxylic acids is 3. The van der Waals surface area contributed by atoms with Gasteiger partial charge in [0, 0.05) is 28.0 Å². The molecule has 0 bridgehead atoms. The van der Waals surface area contributed by atoms with Crippen molar-refractivity contribution in [3.8, 4) is 5.75 Å². The minimum atomic E-state index is -0.694. The van der Waals surface area contributed by atoms with Gasteiger partial charge >= 0.3 is 5.97 Å².